The van der Waals surface area contributed by atoms with E-state index in [9.17, 15) is 23.4 Å². The van der Waals surface area contributed by atoms with E-state index >= 15 is 0 Å². The molecule has 0 bridgehead atoms. The van der Waals surface area contributed by atoms with Crippen LogP contribution in [0, 0.1) is 5.92 Å². The molecule has 1 aliphatic heterocycles. The van der Waals surface area contributed by atoms with Gasteiger partial charge in [-0.25, -0.2) is 15.0 Å². The van der Waals surface area contributed by atoms with Crippen molar-refractivity contribution in [2.24, 2.45) is 5.92 Å². The van der Waals surface area contributed by atoms with Crippen LogP contribution >= 0.6 is 11.6 Å². The van der Waals surface area contributed by atoms with Gasteiger partial charge in [0, 0.05) is 25.2 Å². The Morgan fingerprint density at radius 3 is 2.75 bits per heavy atom. The number of fused-ring (bicyclic) bond motifs is 2. The third kappa shape index (κ3) is 4.90. The van der Waals surface area contributed by atoms with Crippen molar-refractivity contribution in [2.45, 2.75) is 62.4 Å². The first kappa shape index (κ1) is 27.2. The van der Waals surface area contributed by atoms with Crippen molar-refractivity contribution in [1.82, 2.24) is 29.4 Å². The van der Waals surface area contributed by atoms with Crippen LogP contribution in [-0.4, -0.2) is 77.6 Å². The zero-order valence-corrected chi connectivity index (χ0v) is 22.3. The van der Waals surface area contributed by atoms with Gasteiger partial charge in [0.25, 0.3) is 0 Å². The molecular weight excluding hydrogens is 551 g/mol. The van der Waals surface area contributed by atoms with Crippen LogP contribution < -0.4 is 5.73 Å². The largest absolute Gasteiger partial charge is 0.417 e. The van der Waals surface area contributed by atoms with Crippen LogP contribution in [0.5, 0.6) is 0 Å². The van der Waals surface area contributed by atoms with Gasteiger partial charge in [-0.3, -0.25) is 0 Å². The Bertz CT molecular complexity index is 1540. The van der Waals surface area contributed by atoms with E-state index in [1.165, 1.54) is 12.4 Å². The molecule has 14 heteroatoms. The highest BCUT2D eigenvalue weighted by Crippen LogP contribution is 2.39. The number of aliphatic hydroxyl groups is 2. The first-order chi connectivity index (χ1) is 19.0. The molecule has 3 aromatic heterocycles. The molecule has 5 N–H and O–H groups in total. The summed E-state index contributed by atoms with van der Waals surface area (Å²) in [4.78, 5) is 17.8. The minimum absolute atomic E-state index is 0.292. The van der Waals surface area contributed by atoms with Crippen molar-refractivity contribution < 1.29 is 28.1 Å². The first-order valence-electron chi connectivity index (χ1n) is 13.0. The van der Waals surface area contributed by atoms with Crippen molar-refractivity contribution >= 4 is 39.5 Å². The highest BCUT2D eigenvalue weighted by molar-refractivity contribution is 6.32. The number of imidazole rings is 1. The number of alkyl halides is 3. The number of aryl methyl sites for hydroxylation is 1. The van der Waals surface area contributed by atoms with Crippen molar-refractivity contribution in [3.63, 3.8) is 0 Å². The molecule has 0 radical (unpaired) electrons. The Balaban J connectivity index is 1.02. The summed E-state index contributed by atoms with van der Waals surface area (Å²) in [6.07, 6.45) is -1.73. The van der Waals surface area contributed by atoms with Gasteiger partial charge in [-0.1, -0.05) is 11.6 Å². The summed E-state index contributed by atoms with van der Waals surface area (Å²) < 4.78 is 47.2. The Morgan fingerprint density at radius 1 is 1.23 bits per heavy atom. The second-order valence-corrected chi connectivity index (χ2v) is 11.2. The predicted octanol–water partition coefficient (Wildman–Crippen LogP) is 3.52. The molecular formula is C26H29ClF3N7O3. The number of nitrogens with zero attached hydrogens (tertiary/aromatic N) is 5. The average molecular weight is 580 g/mol. The maximum Gasteiger partial charge on any atom is 0.417 e. The minimum atomic E-state index is -4.53. The lowest BCUT2D eigenvalue weighted by Crippen LogP contribution is -2.47. The molecule has 4 aromatic rings. The number of hydrogen-bond donors (Lipinski definition) is 4. The van der Waals surface area contributed by atoms with E-state index in [1.54, 1.807) is 16.8 Å². The lowest BCUT2D eigenvalue weighted by molar-refractivity contribution is -0.137. The number of H-pyrrole nitrogens is 1. The molecule has 2 fully saturated rings. The van der Waals surface area contributed by atoms with Gasteiger partial charge in [0.15, 0.2) is 6.23 Å². The number of nitrogens with one attached hydrogen (secondary N) is 1. The molecule has 4 heterocycles. The fourth-order valence-electron chi connectivity index (χ4n) is 5.80. The molecule has 1 saturated heterocycles. The minimum Gasteiger partial charge on any atom is -0.387 e. The smallest absolute Gasteiger partial charge is 0.387 e. The van der Waals surface area contributed by atoms with Crippen molar-refractivity contribution in [3.8, 4) is 0 Å². The number of aliphatic hydroxyl groups excluding tert-OH is 2. The van der Waals surface area contributed by atoms with Gasteiger partial charge in [0.1, 0.15) is 41.9 Å². The molecule has 2 aliphatic rings. The molecule has 1 aromatic carbocycles. The van der Waals surface area contributed by atoms with Crippen LogP contribution in [0.2, 0.25) is 5.02 Å². The van der Waals surface area contributed by atoms with E-state index in [4.69, 9.17) is 22.1 Å². The maximum atomic E-state index is 13.1. The van der Waals surface area contributed by atoms with E-state index < -0.39 is 36.3 Å². The number of nitrogen functional groups attached to an aromatic ring is 1. The summed E-state index contributed by atoms with van der Waals surface area (Å²) >= 11 is 5.81. The first-order valence-corrected chi connectivity index (χ1v) is 13.4. The lowest BCUT2D eigenvalue weighted by Gasteiger charge is -2.42. The van der Waals surface area contributed by atoms with E-state index in [0.717, 1.165) is 25.3 Å². The molecule has 1 aliphatic carbocycles. The molecule has 214 valence electrons. The Morgan fingerprint density at radius 2 is 2.00 bits per heavy atom. The standard InChI is InChI=1S/C26H29ClF3N7O3/c1-36(10-19-21(38)22(39)25(40-19)37-5-4-14-23(31)32-11-33-24(14)37)13-6-12(7-13)2-3-20-34-17-8-15(26(28,29)30)16(27)9-18(17)35-20/h4-5,8-9,11-13,19,21-22,25,38-39H,2-3,6-7,10H2,1H3,(H,34,35)(H2,31,32,33)/t12?,13?,19-,21-,22-,25?/m1/s1. The molecule has 40 heavy (non-hydrogen) atoms. The highest BCUT2D eigenvalue weighted by Gasteiger charge is 2.45. The number of ether oxygens (including phenoxy) is 1. The van der Waals surface area contributed by atoms with E-state index in [-0.39, 0.29) is 5.02 Å². The van der Waals surface area contributed by atoms with Crippen molar-refractivity contribution in [2.75, 3.05) is 19.3 Å². The fraction of sp³-hybridized carbons (Fsp3) is 0.500. The van der Waals surface area contributed by atoms with Gasteiger partial charge in [-0.15, -0.1) is 0 Å². The van der Waals surface area contributed by atoms with Gasteiger partial charge in [0.2, 0.25) is 0 Å². The van der Waals surface area contributed by atoms with Crippen LogP contribution in [0.4, 0.5) is 19.0 Å². The molecule has 6 rings (SSSR count). The van der Waals surface area contributed by atoms with Gasteiger partial charge in [-0.05, 0) is 50.4 Å². The van der Waals surface area contributed by atoms with Crippen LogP contribution in [0.3, 0.4) is 0 Å². The number of halogens is 4. The summed E-state index contributed by atoms with van der Waals surface area (Å²) in [6, 6.07) is 4.30. The van der Waals surface area contributed by atoms with Gasteiger partial charge < -0.3 is 35.1 Å². The van der Waals surface area contributed by atoms with E-state index in [0.29, 0.717) is 58.6 Å². The fourth-order valence-corrected chi connectivity index (χ4v) is 6.06. The number of aromatic amines is 1. The third-order valence-electron chi connectivity index (χ3n) is 8.17. The van der Waals surface area contributed by atoms with Gasteiger partial charge in [0.05, 0.1) is 27.0 Å². The Labute approximate surface area is 231 Å². The number of likely N-dealkylation sites (N-methyl/N-ethyl adjacent to an activating group) is 1. The van der Waals surface area contributed by atoms with Crippen LogP contribution in [0.25, 0.3) is 22.1 Å². The molecule has 0 spiro atoms. The van der Waals surface area contributed by atoms with Crippen molar-refractivity contribution in [1.29, 1.82) is 0 Å². The van der Waals surface area contributed by atoms with E-state index in [1.807, 2.05) is 7.05 Å². The van der Waals surface area contributed by atoms with Crippen LogP contribution in [0.1, 0.15) is 36.9 Å². The molecule has 1 unspecified atom stereocenters. The van der Waals surface area contributed by atoms with Crippen LogP contribution in [-0.2, 0) is 17.3 Å². The summed E-state index contributed by atoms with van der Waals surface area (Å²) in [5, 5.41) is 21.7. The number of aromatic nitrogens is 5. The number of nitrogens with two attached hydrogens (primary N) is 1. The average Bonchev–Trinajstić information content (AvgIpc) is 3.54. The van der Waals surface area contributed by atoms with E-state index in [2.05, 4.69) is 24.8 Å². The molecule has 10 nitrogen and oxygen atoms in total. The number of benzene rings is 1. The summed E-state index contributed by atoms with van der Waals surface area (Å²) in [6.45, 7) is 0.439. The molecule has 4 atom stereocenters. The topological polar surface area (TPSA) is 138 Å². The second-order valence-electron chi connectivity index (χ2n) is 10.8. The maximum absolute atomic E-state index is 13.1. The normalized spacial score (nSPS) is 27.2. The van der Waals surface area contributed by atoms with Gasteiger partial charge in [-0.2, -0.15) is 13.2 Å². The third-order valence-corrected chi connectivity index (χ3v) is 8.48. The summed E-state index contributed by atoms with van der Waals surface area (Å²) in [5.41, 5.74) is 6.29. The summed E-state index contributed by atoms with van der Waals surface area (Å²) in [7, 11) is 1.97. The zero-order chi connectivity index (χ0) is 28.3. The monoisotopic (exact) mass is 579 g/mol. The van der Waals surface area contributed by atoms with Crippen LogP contribution in [0.15, 0.2) is 30.7 Å². The Hall–Kier alpha value is -2.97. The number of hydrogen-bond acceptors (Lipinski definition) is 8. The predicted molar refractivity (Wildman–Crippen MR) is 141 cm³/mol. The quantitative estimate of drug-likeness (QED) is 0.261. The number of anilines is 1. The molecule has 1 saturated carbocycles. The van der Waals surface area contributed by atoms with Gasteiger partial charge >= 0.3 is 6.18 Å². The molecule has 0 amide bonds. The second kappa shape index (κ2) is 10.1. The summed E-state index contributed by atoms with van der Waals surface area (Å²) in [5.74, 6) is 1.40. The zero-order valence-electron chi connectivity index (χ0n) is 21.5. The SMILES string of the molecule is CN(C[C@H]1OC(n2ccc3c(N)ncnc32)[C@H](O)[C@@H]1O)C1CC(CCc2nc3cc(Cl)c(C(F)(F)F)cc3[nH]2)C1. The lowest BCUT2D eigenvalue weighted by atomic mass is 9.76. The Kier molecular flexibility index (Phi) is 6.90. The van der Waals surface area contributed by atoms with Crippen molar-refractivity contribution in [3.05, 3.63) is 47.1 Å². The highest BCUT2D eigenvalue weighted by atomic mass is 35.5. The number of rotatable bonds is 7.